The highest BCUT2D eigenvalue weighted by molar-refractivity contribution is 5.22. The maximum absolute atomic E-state index is 13.2. The summed E-state index contributed by atoms with van der Waals surface area (Å²) in [6.07, 6.45) is 0. The summed E-state index contributed by atoms with van der Waals surface area (Å²) in [5, 5.41) is 0. The van der Waals surface area contributed by atoms with Gasteiger partial charge in [0, 0.05) is 5.54 Å². The second-order valence-electron chi connectivity index (χ2n) is 2.91. The molecule has 0 aliphatic carbocycles. The van der Waals surface area contributed by atoms with Gasteiger partial charge < -0.3 is 5.73 Å². The van der Waals surface area contributed by atoms with Crippen LogP contribution in [0.3, 0.4) is 0 Å². The minimum absolute atomic E-state index is 0.0268. The molecule has 2 N–H and O–H groups in total. The van der Waals surface area contributed by atoms with Crippen molar-refractivity contribution in [3.8, 4) is 0 Å². The molecule has 0 unspecified atom stereocenters. The van der Waals surface area contributed by atoms with Crippen molar-refractivity contribution in [1.29, 1.82) is 0 Å². The van der Waals surface area contributed by atoms with Crippen LogP contribution >= 0.6 is 0 Å². The van der Waals surface area contributed by atoms with Crippen molar-refractivity contribution in [3.63, 3.8) is 0 Å². The van der Waals surface area contributed by atoms with E-state index in [1.165, 1.54) is 0 Å². The molecule has 0 aliphatic rings. The lowest BCUT2D eigenvalue weighted by atomic mass is 9.96. The summed E-state index contributed by atoms with van der Waals surface area (Å²) in [6, 6.07) is -2.18. The molecule has 1 aromatic carbocycles. The maximum Gasteiger partial charge on any atom is 0.123 e. The number of nitrogens with two attached hydrogens (primary N) is 1. The third-order valence-electron chi connectivity index (χ3n) is 1.24. The van der Waals surface area contributed by atoms with Crippen LogP contribution < -0.4 is 5.73 Å². The van der Waals surface area contributed by atoms with E-state index in [9.17, 15) is 4.39 Å². The lowest BCUT2D eigenvalue weighted by Gasteiger charge is -2.18. The number of rotatable bonds is 1. The molecule has 0 radical (unpaired) electrons. The average Bonchev–Trinajstić information content (AvgIpc) is 2.09. The summed E-state index contributed by atoms with van der Waals surface area (Å²) in [7, 11) is 0. The molecule has 0 saturated carbocycles. The average molecular weight is 157 g/mol. The summed E-state index contributed by atoms with van der Waals surface area (Å²) < 4.78 is 42.8. The predicted molar refractivity (Wildman–Crippen MR) is 43.6 cm³/mol. The largest absolute Gasteiger partial charge is 0.322 e. The second-order valence-corrected chi connectivity index (χ2v) is 2.91. The third kappa shape index (κ3) is 2.02. The highest BCUT2D eigenvalue weighted by Crippen LogP contribution is 2.16. The van der Waals surface area contributed by atoms with Crippen LogP contribution in [0.5, 0.6) is 0 Å². The van der Waals surface area contributed by atoms with Crippen LogP contribution in [0, 0.1) is 5.82 Å². The van der Waals surface area contributed by atoms with Crippen molar-refractivity contribution < 1.29 is 9.87 Å². The van der Waals surface area contributed by atoms with E-state index in [4.69, 9.17) is 11.2 Å². The SMILES string of the molecule is [2H]c1c([2H])c(C(C)(C)N)c([2H])c([2H])c1F. The zero-order chi connectivity index (χ0) is 12.0. The first-order valence-corrected chi connectivity index (χ1v) is 3.23. The minimum Gasteiger partial charge on any atom is -0.322 e. The van der Waals surface area contributed by atoms with Gasteiger partial charge in [0.2, 0.25) is 0 Å². The molecular weight excluding hydrogens is 141 g/mol. The van der Waals surface area contributed by atoms with Crippen LogP contribution in [0.25, 0.3) is 0 Å². The molecule has 0 fully saturated rings. The van der Waals surface area contributed by atoms with Crippen LogP contribution in [0.15, 0.2) is 24.2 Å². The number of hydrogen-bond acceptors (Lipinski definition) is 1. The summed E-state index contributed by atoms with van der Waals surface area (Å²) in [4.78, 5) is 0. The first-order chi connectivity index (χ1) is 6.68. The van der Waals surface area contributed by atoms with Gasteiger partial charge in [0.25, 0.3) is 0 Å². The molecule has 0 heterocycles. The van der Waals surface area contributed by atoms with Gasteiger partial charge >= 0.3 is 0 Å². The highest BCUT2D eigenvalue weighted by atomic mass is 19.1. The Kier molecular flexibility index (Phi) is 1.01. The predicted octanol–water partition coefficient (Wildman–Crippen LogP) is 2.02. The summed E-state index contributed by atoms with van der Waals surface area (Å²) in [6.45, 7) is 3.10. The fourth-order valence-corrected chi connectivity index (χ4v) is 0.619. The zero-order valence-corrected chi connectivity index (χ0v) is 6.46. The van der Waals surface area contributed by atoms with Crippen LogP contribution in [0.1, 0.15) is 24.9 Å². The first-order valence-electron chi connectivity index (χ1n) is 5.23. The van der Waals surface area contributed by atoms with Crippen molar-refractivity contribution >= 4 is 0 Å². The Morgan fingerprint density at radius 1 is 1.36 bits per heavy atom. The van der Waals surface area contributed by atoms with Gasteiger partial charge in [0.1, 0.15) is 5.82 Å². The molecule has 1 aromatic rings. The van der Waals surface area contributed by atoms with E-state index in [2.05, 4.69) is 0 Å². The third-order valence-corrected chi connectivity index (χ3v) is 1.24. The van der Waals surface area contributed by atoms with E-state index < -0.39 is 35.5 Å². The van der Waals surface area contributed by atoms with Crippen molar-refractivity contribution in [3.05, 3.63) is 35.6 Å². The zero-order valence-electron chi connectivity index (χ0n) is 10.5. The summed E-state index contributed by atoms with van der Waals surface area (Å²) in [5.41, 5.74) is 4.71. The lowest BCUT2D eigenvalue weighted by Crippen LogP contribution is -2.28. The standard InChI is InChI=1S/C9H12FN/c1-9(2,11)7-3-5-8(10)6-4-7/h3-6H,11H2,1-2H3/i3D,4D,5D,6D. The Morgan fingerprint density at radius 2 is 1.82 bits per heavy atom. The van der Waals surface area contributed by atoms with E-state index in [1.807, 2.05) is 0 Å². The number of hydrogen-bond donors (Lipinski definition) is 1. The molecule has 0 aliphatic heterocycles. The molecular formula is C9H12FN. The monoisotopic (exact) mass is 157 g/mol. The fraction of sp³-hybridized carbons (Fsp3) is 0.333. The van der Waals surface area contributed by atoms with Crippen LogP contribution in [0.4, 0.5) is 4.39 Å². The lowest BCUT2D eigenvalue weighted by molar-refractivity contribution is 0.550. The summed E-state index contributed by atoms with van der Waals surface area (Å²) in [5.74, 6) is -1.14. The fourth-order valence-electron chi connectivity index (χ4n) is 0.619. The maximum atomic E-state index is 13.2. The quantitative estimate of drug-likeness (QED) is 0.663. The summed E-state index contributed by atoms with van der Waals surface area (Å²) >= 11 is 0. The normalized spacial score (nSPS) is 16.7. The second kappa shape index (κ2) is 2.62. The van der Waals surface area contributed by atoms with Crippen LogP contribution in [-0.4, -0.2) is 0 Å². The molecule has 0 amide bonds. The van der Waals surface area contributed by atoms with Crippen LogP contribution in [0.2, 0.25) is 0 Å². The molecule has 11 heavy (non-hydrogen) atoms. The van der Waals surface area contributed by atoms with E-state index >= 15 is 0 Å². The van der Waals surface area contributed by atoms with Gasteiger partial charge in [-0.25, -0.2) is 4.39 Å². The van der Waals surface area contributed by atoms with Crippen molar-refractivity contribution in [2.24, 2.45) is 5.73 Å². The Bertz CT molecular complexity index is 383. The Hall–Kier alpha value is -0.890. The topological polar surface area (TPSA) is 26.0 Å². The highest BCUT2D eigenvalue weighted by Gasteiger charge is 2.12. The minimum atomic E-state index is -1.14. The molecule has 0 atom stereocenters. The molecule has 60 valence electrons. The van der Waals surface area contributed by atoms with Crippen LogP contribution in [-0.2, 0) is 5.54 Å². The van der Waals surface area contributed by atoms with E-state index in [0.717, 1.165) is 0 Å². The Morgan fingerprint density at radius 3 is 2.18 bits per heavy atom. The Balaban J connectivity index is 3.68. The number of benzene rings is 1. The molecule has 0 spiro atoms. The smallest absolute Gasteiger partial charge is 0.123 e. The number of halogens is 1. The molecule has 0 aromatic heterocycles. The van der Waals surface area contributed by atoms with Gasteiger partial charge in [-0.1, -0.05) is 12.1 Å². The van der Waals surface area contributed by atoms with Gasteiger partial charge in [-0.2, -0.15) is 0 Å². The van der Waals surface area contributed by atoms with E-state index in [1.54, 1.807) is 13.8 Å². The van der Waals surface area contributed by atoms with Crippen molar-refractivity contribution in [2.75, 3.05) is 0 Å². The molecule has 1 nitrogen and oxygen atoms in total. The van der Waals surface area contributed by atoms with Gasteiger partial charge in [0.15, 0.2) is 0 Å². The first kappa shape index (κ1) is 4.21. The van der Waals surface area contributed by atoms with E-state index in [-0.39, 0.29) is 5.56 Å². The molecule has 0 bridgehead atoms. The Labute approximate surface area is 71.7 Å². The van der Waals surface area contributed by atoms with Gasteiger partial charge in [-0.3, -0.25) is 0 Å². The van der Waals surface area contributed by atoms with Gasteiger partial charge in [0.05, 0.1) is 5.48 Å². The molecule has 2 heteroatoms. The van der Waals surface area contributed by atoms with Crippen molar-refractivity contribution in [1.82, 2.24) is 0 Å². The van der Waals surface area contributed by atoms with E-state index in [0.29, 0.717) is 0 Å². The van der Waals surface area contributed by atoms with Gasteiger partial charge in [-0.05, 0) is 31.5 Å². The van der Waals surface area contributed by atoms with Gasteiger partial charge in [-0.15, -0.1) is 0 Å². The molecule has 0 saturated heterocycles. The van der Waals surface area contributed by atoms with Crippen molar-refractivity contribution in [2.45, 2.75) is 19.4 Å². The molecule has 1 rings (SSSR count).